The molecule has 2 rings (SSSR count). The van der Waals surface area contributed by atoms with E-state index in [4.69, 9.17) is 4.42 Å². The van der Waals surface area contributed by atoms with Crippen molar-refractivity contribution in [1.82, 2.24) is 0 Å². The lowest BCUT2D eigenvalue weighted by molar-refractivity contribution is 0.110. The Bertz CT molecular complexity index is 545. The van der Waals surface area contributed by atoms with Gasteiger partial charge in [-0.3, -0.25) is 4.79 Å². The molecule has 0 atom stereocenters. The minimum atomic E-state index is -1.52. The molecule has 1 aromatic carbocycles. The monoisotopic (exact) mass is 230 g/mol. The van der Waals surface area contributed by atoms with Crippen LogP contribution in [-0.4, -0.2) is 23.5 Å². The molecule has 0 aliphatic carbocycles. The van der Waals surface area contributed by atoms with Crippen molar-refractivity contribution >= 4 is 18.9 Å². The van der Waals surface area contributed by atoms with Crippen LogP contribution in [0.15, 0.2) is 34.7 Å². The van der Waals surface area contributed by atoms with E-state index in [-0.39, 0.29) is 5.76 Å². The summed E-state index contributed by atoms with van der Waals surface area (Å²) in [4.78, 5) is 10.5. The maximum Gasteiger partial charge on any atom is 0.488 e. The third-order valence-electron chi connectivity index (χ3n) is 2.58. The van der Waals surface area contributed by atoms with Crippen molar-refractivity contribution in [3.63, 3.8) is 0 Å². The largest absolute Gasteiger partial charge is 0.488 e. The Morgan fingerprint density at radius 2 is 2.00 bits per heavy atom. The summed E-state index contributed by atoms with van der Waals surface area (Å²) in [5, 5.41) is 18.4. The highest BCUT2D eigenvalue weighted by Crippen LogP contribution is 2.21. The fraction of sp³-hybridized carbons (Fsp3) is 0.0833. The first-order chi connectivity index (χ1) is 8.11. The Morgan fingerprint density at radius 3 is 2.59 bits per heavy atom. The van der Waals surface area contributed by atoms with Crippen LogP contribution in [0.4, 0.5) is 0 Å². The molecule has 0 saturated heterocycles. The summed E-state index contributed by atoms with van der Waals surface area (Å²) < 4.78 is 5.26. The molecule has 4 nitrogen and oxygen atoms in total. The van der Waals surface area contributed by atoms with E-state index in [0.717, 1.165) is 5.56 Å². The van der Waals surface area contributed by atoms with E-state index in [1.807, 2.05) is 0 Å². The molecule has 0 aliphatic heterocycles. The highest BCUT2D eigenvalue weighted by Gasteiger charge is 2.15. The summed E-state index contributed by atoms with van der Waals surface area (Å²) in [5.41, 5.74) is 1.91. The van der Waals surface area contributed by atoms with Gasteiger partial charge in [0.25, 0.3) is 0 Å². The van der Waals surface area contributed by atoms with Crippen LogP contribution in [0.3, 0.4) is 0 Å². The quantitative estimate of drug-likeness (QED) is 0.602. The number of carbonyl (C=O) groups is 1. The zero-order valence-corrected chi connectivity index (χ0v) is 9.25. The molecule has 0 radical (unpaired) electrons. The zero-order valence-electron chi connectivity index (χ0n) is 9.25. The molecule has 0 saturated carbocycles. The van der Waals surface area contributed by atoms with Crippen LogP contribution in [0, 0.1) is 6.92 Å². The van der Waals surface area contributed by atoms with Crippen LogP contribution in [0.5, 0.6) is 0 Å². The molecule has 2 N–H and O–H groups in total. The Hall–Kier alpha value is -1.85. The highest BCUT2D eigenvalue weighted by atomic mass is 16.4. The Morgan fingerprint density at radius 1 is 1.24 bits per heavy atom. The summed E-state index contributed by atoms with van der Waals surface area (Å²) in [7, 11) is -1.52. The third-order valence-corrected chi connectivity index (χ3v) is 2.58. The number of rotatable bonds is 3. The number of furan rings is 1. The van der Waals surface area contributed by atoms with Crippen LogP contribution in [0.1, 0.15) is 16.1 Å². The maximum absolute atomic E-state index is 10.5. The fourth-order valence-electron chi connectivity index (χ4n) is 1.64. The van der Waals surface area contributed by atoms with Gasteiger partial charge in [-0.05, 0) is 24.5 Å². The average molecular weight is 230 g/mol. The van der Waals surface area contributed by atoms with E-state index in [9.17, 15) is 14.8 Å². The molecule has 17 heavy (non-hydrogen) atoms. The molecular weight excluding hydrogens is 219 g/mol. The maximum atomic E-state index is 10.5. The van der Waals surface area contributed by atoms with Gasteiger partial charge in [-0.25, -0.2) is 0 Å². The van der Waals surface area contributed by atoms with Crippen LogP contribution in [0.2, 0.25) is 0 Å². The summed E-state index contributed by atoms with van der Waals surface area (Å²) in [6.07, 6.45) is 0.624. The van der Waals surface area contributed by atoms with Crippen molar-refractivity contribution in [2.45, 2.75) is 6.92 Å². The first-order valence-corrected chi connectivity index (χ1v) is 5.14. The molecule has 2 aromatic rings. The van der Waals surface area contributed by atoms with Gasteiger partial charge in [-0.1, -0.05) is 23.8 Å². The Balaban J connectivity index is 2.45. The van der Waals surface area contributed by atoms with Gasteiger partial charge in [-0.2, -0.15) is 0 Å². The summed E-state index contributed by atoms with van der Waals surface area (Å²) in [6, 6.07) is 8.44. The molecule has 1 heterocycles. The molecule has 5 heteroatoms. The molecule has 0 bridgehead atoms. The summed E-state index contributed by atoms with van der Waals surface area (Å²) in [5.74, 6) is 0.765. The van der Waals surface area contributed by atoms with E-state index in [1.165, 1.54) is 0 Å². The second kappa shape index (κ2) is 4.57. The lowest BCUT2D eigenvalue weighted by atomic mass is 9.76. The number of hydrogen-bond acceptors (Lipinski definition) is 4. The van der Waals surface area contributed by atoms with Gasteiger partial charge in [0.05, 0.1) is 0 Å². The van der Waals surface area contributed by atoms with E-state index in [1.54, 1.807) is 37.3 Å². The van der Waals surface area contributed by atoms with Crippen molar-refractivity contribution in [1.29, 1.82) is 0 Å². The first kappa shape index (κ1) is 11.6. The molecule has 0 fully saturated rings. The zero-order chi connectivity index (χ0) is 12.4. The fourth-order valence-corrected chi connectivity index (χ4v) is 1.64. The van der Waals surface area contributed by atoms with Crippen LogP contribution < -0.4 is 5.46 Å². The van der Waals surface area contributed by atoms with E-state index >= 15 is 0 Å². The molecule has 0 amide bonds. The number of benzene rings is 1. The van der Waals surface area contributed by atoms with Crippen molar-refractivity contribution in [3.8, 4) is 11.3 Å². The number of carbonyl (C=O) groups excluding carboxylic acids is 1. The van der Waals surface area contributed by atoms with Gasteiger partial charge in [0.2, 0.25) is 0 Å². The minimum absolute atomic E-state index is 0.242. The van der Waals surface area contributed by atoms with Crippen molar-refractivity contribution in [2.75, 3.05) is 0 Å². The summed E-state index contributed by atoms with van der Waals surface area (Å²) >= 11 is 0. The van der Waals surface area contributed by atoms with Gasteiger partial charge in [0.15, 0.2) is 12.0 Å². The van der Waals surface area contributed by atoms with E-state index in [2.05, 4.69) is 0 Å². The number of hydrogen-bond donors (Lipinski definition) is 2. The van der Waals surface area contributed by atoms with Gasteiger partial charge in [0.1, 0.15) is 5.76 Å². The number of aryl methyl sites for hydroxylation is 1. The Kier molecular flexibility index (Phi) is 3.13. The smallest absolute Gasteiger partial charge is 0.453 e. The summed E-state index contributed by atoms with van der Waals surface area (Å²) in [6.45, 7) is 1.79. The van der Waals surface area contributed by atoms with Gasteiger partial charge in [-0.15, -0.1) is 0 Å². The predicted octanol–water partition coefficient (Wildman–Crippen LogP) is 0.747. The van der Waals surface area contributed by atoms with Crippen LogP contribution >= 0.6 is 0 Å². The second-order valence-corrected chi connectivity index (χ2v) is 3.76. The standard InChI is InChI=1S/C12H11BO4/c1-8-2-3-9(6-11(8)13(15)16)12-5-4-10(7-14)17-12/h2-7,15-16H,1H3. The molecular formula is C12H11BO4. The van der Waals surface area contributed by atoms with Crippen LogP contribution in [0.25, 0.3) is 11.3 Å². The van der Waals surface area contributed by atoms with E-state index in [0.29, 0.717) is 23.1 Å². The SMILES string of the molecule is Cc1ccc(-c2ccc(C=O)o2)cc1B(O)O. The number of aldehydes is 1. The average Bonchev–Trinajstić information content (AvgIpc) is 2.78. The molecule has 86 valence electrons. The first-order valence-electron chi connectivity index (χ1n) is 5.14. The van der Waals surface area contributed by atoms with Gasteiger partial charge < -0.3 is 14.5 Å². The molecule has 1 aromatic heterocycles. The molecule has 0 spiro atoms. The molecule has 0 unspecified atom stereocenters. The molecule has 0 aliphatic rings. The second-order valence-electron chi connectivity index (χ2n) is 3.76. The Labute approximate surface area is 98.7 Å². The minimum Gasteiger partial charge on any atom is -0.453 e. The lowest BCUT2D eigenvalue weighted by Gasteiger charge is -2.06. The predicted molar refractivity (Wildman–Crippen MR) is 64.1 cm³/mol. The van der Waals surface area contributed by atoms with Gasteiger partial charge in [0, 0.05) is 5.56 Å². The van der Waals surface area contributed by atoms with Crippen LogP contribution in [-0.2, 0) is 0 Å². The topological polar surface area (TPSA) is 70.7 Å². The lowest BCUT2D eigenvalue weighted by Crippen LogP contribution is -2.32. The normalized spacial score (nSPS) is 10.3. The van der Waals surface area contributed by atoms with Crippen molar-refractivity contribution < 1.29 is 19.3 Å². The third kappa shape index (κ3) is 2.30. The van der Waals surface area contributed by atoms with Crippen molar-refractivity contribution in [2.24, 2.45) is 0 Å². The van der Waals surface area contributed by atoms with Crippen molar-refractivity contribution in [3.05, 3.63) is 41.7 Å². The van der Waals surface area contributed by atoms with E-state index < -0.39 is 7.12 Å². The van der Waals surface area contributed by atoms with Gasteiger partial charge >= 0.3 is 7.12 Å². The highest BCUT2D eigenvalue weighted by molar-refractivity contribution is 6.59.